The first-order valence-electron chi connectivity index (χ1n) is 10.2. The molecule has 30 heavy (non-hydrogen) atoms. The van der Waals surface area contributed by atoms with Gasteiger partial charge in [0.1, 0.15) is 11.6 Å². The van der Waals surface area contributed by atoms with E-state index in [4.69, 9.17) is 11.6 Å². The number of likely N-dealkylation sites (tertiary alicyclic amines) is 1. The molecule has 8 heteroatoms. The number of piperazine rings is 1. The Morgan fingerprint density at radius 1 is 1.10 bits per heavy atom. The van der Waals surface area contributed by atoms with Crippen LogP contribution in [0.2, 0.25) is 5.02 Å². The number of pyridine rings is 1. The summed E-state index contributed by atoms with van der Waals surface area (Å²) in [4.78, 5) is 35.0. The Morgan fingerprint density at radius 2 is 1.90 bits per heavy atom. The summed E-state index contributed by atoms with van der Waals surface area (Å²) >= 11 is 6.44. The van der Waals surface area contributed by atoms with Gasteiger partial charge in [0.2, 0.25) is 5.91 Å². The van der Waals surface area contributed by atoms with Gasteiger partial charge in [-0.1, -0.05) is 23.7 Å². The number of hydrogen-bond donors (Lipinski definition) is 0. The van der Waals surface area contributed by atoms with Crippen LogP contribution in [-0.4, -0.2) is 59.3 Å². The number of carbonyl (C=O) groups excluding carboxylic acids is 2. The molecule has 0 radical (unpaired) electrons. The van der Waals surface area contributed by atoms with Crippen molar-refractivity contribution < 1.29 is 14.0 Å². The molecule has 2 aliphatic rings. The van der Waals surface area contributed by atoms with Gasteiger partial charge in [0.05, 0.1) is 17.1 Å². The molecule has 2 fully saturated rings. The van der Waals surface area contributed by atoms with E-state index in [9.17, 15) is 14.0 Å². The summed E-state index contributed by atoms with van der Waals surface area (Å²) in [6, 6.07) is 7.91. The number of piperidine rings is 1. The molecule has 1 aromatic heterocycles. The molecule has 4 rings (SSSR count). The Balaban J connectivity index is 1.41. The summed E-state index contributed by atoms with van der Waals surface area (Å²) in [5.41, 5.74) is 1.23. The van der Waals surface area contributed by atoms with Crippen LogP contribution in [0.25, 0.3) is 0 Å². The fraction of sp³-hybridized carbons (Fsp3) is 0.409. The lowest BCUT2D eigenvalue weighted by molar-refractivity contribution is -0.131. The third-order valence-electron chi connectivity index (χ3n) is 5.59. The van der Waals surface area contributed by atoms with Gasteiger partial charge in [-0.3, -0.25) is 9.59 Å². The maximum absolute atomic E-state index is 13.4. The molecule has 0 atom stereocenters. The van der Waals surface area contributed by atoms with Crippen LogP contribution < -0.4 is 4.90 Å². The number of nitrogens with zero attached hydrogens (tertiary/aromatic N) is 4. The number of amides is 2. The Morgan fingerprint density at radius 3 is 2.60 bits per heavy atom. The molecule has 0 N–H and O–H groups in total. The van der Waals surface area contributed by atoms with Crippen LogP contribution in [0.5, 0.6) is 0 Å². The predicted octanol–water partition coefficient (Wildman–Crippen LogP) is 3.35. The van der Waals surface area contributed by atoms with E-state index < -0.39 is 0 Å². The quantitative estimate of drug-likeness (QED) is 0.746. The normalized spacial score (nSPS) is 17.4. The van der Waals surface area contributed by atoms with E-state index in [1.54, 1.807) is 29.3 Å². The Labute approximate surface area is 180 Å². The van der Waals surface area contributed by atoms with E-state index >= 15 is 0 Å². The lowest BCUT2D eigenvalue weighted by Crippen LogP contribution is -2.50. The van der Waals surface area contributed by atoms with Gasteiger partial charge in [0.15, 0.2) is 0 Å². The van der Waals surface area contributed by atoms with Crippen LogP contribution >= 0.6 is 11.6 Å². The van der Waals surface area contributed by atoms with Gasteiger partial charge in [-0.15, -0.1) is 0 Å². The van der Waals surface area contributed by atoms with Crippen LogP contribution in [0.15, 0.2) is 36.5 Å². The van der Waals surface area contributed by atoms with Crippen molar-refractivity contribution in [2.45, 2.75) is 25.8 Å². The molecule has 0 saturated carbocycles. The number of hydrogen-bond acceptors (Lipinski definition) is 4. The molecular weight excluding hydrogens is 407 g/mol. The van der Waals surface area contributed by atoms with Crippen LogP contribution in [-0.2, 0) is 11.3 Å². The van der Waals surface area contributed by atoms with Gasteiger partial charge in [-0.05, 0) is 43.0 Å². The molecule has 0 aliphatic carbocycles. The molecular formula is C22H24ClFN4O2. The van der Waals surface area contributed by atoms with Crippen molar-refractivity contribution in [1.82, 2.24) is 14.8 Å². The van der Waals surface area contributed by atoms with E-state index in [2.05, 4.69) is 4.98 Å². The minimum atomic E-state index is -0.311. The first-order valence-corrected chi connectivity index (χ1v) is 10.6. The van der Waals surface area contributed by atoms with Gasteiger partial charge in [-0.25, -0.2) is 9.37 Å². The summed E-state index contributed by atoms with van der Waals surface area (Å²) in [5, 5.41) is 0.365. The third kappa shape index (κ3) is 4.56. The standard InChI is InChI=1S/C22H24ClFN4O2/c23-19-12-17(22(30)26-7-2-1-3-8-26)13-25-21(19)28-10-9-27(20(29)15-28)14-16-5-4-6-18(24)11-16/h4-6,11-13H,1-3,7-10,14-15H2. The summed E-state index contributed by atoms with van der Waals surface area (Å²) in [7, 11) is 0. The maximum Gasteiger partial charge on any atom is 0.255 e. The lowest BCUT2D eigenvalue weighted by Gasteiger charge is -2.35. The van der Waals surface area contributed by atoms with Crippen LogP contribution in [0, 0.1) is 5.82 Å². The largest absolute Gasteiger partial charge is 0.344 e. The fourth-order valence-electron chi connectivity index (χ4n) is 3.97. The smallest absolute Gasteiger partial charge is 0.255 e. The lowest BCUT2D eigenvalue weighted by atomic mass is 10.1. The van der Waals surface area contributed by atoms with Crippen molar-refractivity contribution in [2.24, 2.45) is 0 Å². The number of aromatic nitrogens is 1. The molecule has 0 bridgehead atoms. The van der Waals surface area contributed by atoms with E-state index in [0.717, 1.165) is 37.9 Å². The van der Waals surface area contributed by atoms with Gasteiger partial charge >= 0.3 is 0 Å². The summed E-state index contributed by atoms with van der Waals surface area (Å²) in [6.45, 7) is 3.09. The van der Waals surface area contributed by atoms with Crippen molar-refractivity contribution >= 4 is 29.2 Å². The second kappa shape index (κ2) is 9.00. The zero-order valence-electron chi connectivity index (χ0n) is 16.7. The first kappa shape index (κ1) is 20.6. The summed E-state index contributed by atoms with van der Waals surface area (Å²) in [6.07, 6.45) is 4.74. The highest BCUT2D eigenvalue weighted by atomic mass is 35.5. The van der Waals surface area contributed by atoms with Gasteiger partial charge < -0.3 is 14.7 Å². The summed E-state index contributed by atoms with van der Waals surface area (Å²) < 4.78 is 13.4. The SMILES string of the molecule is O=C1CN(c2ncc(C(=O)N3CCCCC3)cc2Cl)CCN1Cc1cccc(F)c1. The molecule has 2 saturated heterocycles. The average molecular weight is 431 g/mol. The minimum absolute atomic E-state index is 0.0494. The highest BCUT2D eigenvalue weighted by Gasteiger charge is 2.27. The monoisotopic (exact) mass is 430 g/mol. The second-order valence-electron chi connectivity index (χ2n) is 7.75. The predicted molar refractivity (Wildman–Crippen MR) is 113 cm³/mol. The average Bonchev–Trinajstić information content (AvgIpc) is 2.75. The molecule has 2 aromatic rings. The minimum Gasteiger partial charge on any atom is -0.344 e. The number of benzene rings is 1. The zero-order valence-corrected chi connectivity index (χ0v) is 17.4. The molecule has 2 aliphatic heterocycles. The third-order valence-corrected chi connectivity index (χ3v) is 5.87. The van der Waals surface area contributed by atoms with Crippen molar-refractivity contribution in [3.05, 3.63) is 58.5 Å². The molecule has 0 spiro atoms. The Kier molecular flexibility index (Phi) is 6.18. The zero-order chi connectivity index (χ0) is 21.1. The molecule has 3 heterocycles. The van der Waals surface area contributed by atoms with E-state index in [1.165, 1.54) is 12.1 Å². The van der Waals surface area contributed by atoms with Crippen LogP contribution in [0.3, 0.4) is 0 Å². The number of rotatable bonds is 4. The van der Waals surface area contributed by atoms with E-state index in [0.29, 0.717) is 36.0 Å². The van der Waals surface area contributed by atoms with Crippen molar-refractivity contribution in [2.75, 3.05) is 37.6 Å². The van der Waals surface area contributed by atoms with E-state index in [1.807, 2.05) is 9.80 Å². The molecule has 6 nitrogen and oxygen atoms in total. The molecule has 158 valence electrons. The topological polar surface area (TPSA) is 56.8 Å². The highest BCUT2D eigenvalue weighted by Crippen LogP contribution is 2.26. The van der Waals surface area contributed by atoms with Gasteiger partial charge in [-0.2, -0.15) is 0 Å². The van der Waals surface area contributed by atoms with Crippen LogP contribution in [0.4, 0.5) is 10.2 Å². The molecule has 1 aromatic carbocycles. The fourth-order valence-corrected chi connectivity index (χ4v) is 4.26. The molecule has 0 unspecified atom stereocenters. The highest BCUT2D eigenvalue weighted by molar-refractivity contribution is 6.33. The van der Waals surface area contributed by atoms with Crippen molar-refractivity contribution in [3.63, 3.8) is 0 Å². The maximum atomic E-state index is 13.4. The Bertz CT molecular complexity index is 948. The second-order valence-corrected chi connectivity index (χ2v) is 8.16. The van der Waals surface area contributed by atoms with Gasteiger partial charge in [0.25, 0.3) is 5.91 Å². The van der Waals surface area contributed by atoms with E-state index in [-0.39, 0.29) is 24.2 Å². The Hall–Kier alpha value is -2.67. The first-order chi connectivity index (χ1) is 14.5. The number of anilines is 1. The molecule has 2 amide bonds. The van der Waals surface area contributed by atoms with Crippen molar-refractivity contribution in [1.29, 1.82) is 0 Å². The van der Waals surface area contributed by atoms with Gasteiger partial charge in [0, 0.05) is 38.9 Å². The van der Waals surface area contributed by atoms with Crippen molar-refractivity contribution in [3.8, 4) is 0 Å². The van der Waals surface area contributed by atoms with Crippen LogP contribution in [0.1, 0.15) is 35.2 Å². The summed E-state index contributed by atoms with van der Waals surface area (Å²) in [5.74, 6) is 0.0721. The number of carbonyl (C=O) groups is 2. The number of halogens is 2.